The van der Waals surface area contributed by atoms with Crippen LogP contribution in [0.5, 0.6) is 0 Å². The molecule has 1 aromatic carbocycles. The molecule has 27 heavy (non-hydrogen) atoms. The van der Waals surface area contributed by atoms with E-state index >= 15 is 0 Å². The Morgan fingerprint density at radius 2 is 1.85 bits per heavy atom. The summed E-state index contributed by atoms with van der Waals surface area (Å²) < 4.78 is 0. The number of carbonyl (C=O) groups is 2. The summed E-state index contributed by atoms with van der Waals surface area (Å²) in [4.78, 5) is 22.9. The fourth-order valence-electron chi connectivity index (χ4n) is 1.86. The molecule has 2 amide bonds. The normalized spacial score (nSPS) is 16.1. The number of nitrogens with one attached hydrogen (secondary N) is 2. The number of hydroxylamine groups is 1. The van der Waals surface area contributed by atoms with E-state index in [4.69, 9.17) is 10.3 Å². The number of hydrogen-bond donors (Lipinski definition) is 8. The molecule has 0 aliphatic carbocycles. The van der Waals surface area contributed by atoms with Crippen molar-refractivity contribution in [3.8, 4) is 0 Å². The van der Waals surface area contributed by atoms with Crippen molar-refractivity contribution in [1.82, 2.24) is 10.9 Å². The Hall–Kier alpha value is -2.67. The van der Waals surface area contributed by atoms with Crippen LogP contribution in [0.3, 0.4) is 0 Å². The highest BCUT2D eigenvalue weighted by atomic mass is 16.5. The average molecular weight is 383 g/mol. The first kappa shape index (κ1) is 22.4. The number of aliphatic hydroxyl groups is 5. The first-order valence-electron chi connectivity index (χ1n) is 7.69. The van der Waals surface area contributed by atoms with Gasteiger partial charge in [-0.15, -0.1) is 0 Å². The summed E-state index contributed by atoms with van der Waals surface area (Å²) in [6, 6.07) is 6.04. The lowest BCUT2D eigenvalue weighted by molar-refractivity contribution is -0.124. The molecule has 0 spiro atoms. The summed E-state index contributed by atoms with van der Waals surface area (Å²) in [5.74, 6) is -1.40. The van der Waals surface area contributed by atoms with E-state index in [9.17, 15) is 30.0 Å². The fourth-order valence-corrected chi connectivity index (χ4v) is 1.86. The van der Waals surface area contributed by atoms with E-state index in [2.05, 4.69) is 10.5 Å². The highest BCUT2D eigenvalue weighted by Crippen LogP contribution is 2.07. The zero-order valence-electron chi connectivity index (χ0n) is 14.0. The lowest BCUT2D eigenvalue weighted by atomic mass is 10.0. The molecule has 0 heterocycles. The van der Waals surface area contributed by atoms with Crippen molar-refractivity contribution in [1.29, 1.82) is 0 Å². The summed E-state index contributed by atoms with van der Waals surface area (Å²) in [7, 11) is 0. The molecule has 0 fully saturated rings. The molecule has 11 nitrogen and oxygen atoms in total. The van der Waals surface area contributed by atoms with Crippen LogP contribution in [0, 0.1) is 0 Å². The second-order valence-corrected chi connectivity index (χ2v) is 5.38. The molecule has 4 atom stereocenters. The number of aliphatic hydroxyl groups excluding tert-OH is 5. The third-order valence-corrected chi connectivity index (χ3v) is 3.36. The third kappa shape index (κ3) is 7.22. The van der Waals surface area contributed by atoms with Gasteiger partial charge in [-0.25, -0.2) is 10.9 Å². The Morgan fingerprint density at radius 3 is 2.48 bits per heavy atom. The maximum absolute atomic E-state index is 12.0. The van der Waals surface area contributed by atoms with Gasteiger partial charge in [-0.05, 0) is 23.8 Å². The summed E-state index contributed by atoms with van der Waals surface area (Å²) in [6.45, 7) is -0.816. The molecule has 8 N–H and O–H groups in total. The van der Waals surface area contributed by atoms with Gasteiger partial charge in [0.2, 0.25) is 0 Å². The van der Waals surface area contributed by atoms with Crippen LogP contribution in [0.2, 0.25) is 0 Å². The highest BCUT2D eigenvalue weighted by Gasteiger charge is 2.29. The van der Waals surface area contributed by atoms with Gasteiger partial charge in [0, 0.05) is 11.6 Å². The van der Waals surface area contributed by atoms with Crippen molar-refractivity contribution < 1.29 is 40.3 Å². The first-order valence-corrected chi connectivity index (χ1v) is 7.69. The Kier molecular flexibility index (Phi) is 9.22. The van der Waals surface area contributed by atoms with Crippen LogP contribution < -0.4 is 10.9 Å². The number of hydrazone groups is 1. The first-order chi connectivity index (χ1) is 12.8. The van der Waals surface area contributed by atoms with Gasteiger partial charge in [0.15, 0.2) is 0 Å². The Morgan fingerprint density at radius 1 is 1.15 bits per heavy atom. The second-order valence-electron chi connectivity index (χ2n) is 5.38. The van der Waals surface area contributed by atoms with E-state index in [1.54, 1.807) is 12.1 Å². The average Bonchev–Trinajstić information content (AvgIpc) is 2.69. The highest BCUT2D eigenvalue weighted by molar-refractivity contribution is 5.95. The molecule has 0 aliphatic heterocycles. The monoisotopic (exact) mass is 383 g/mol. The zero-order valence-corrected chi connectivity index (χ0v) is 14.0. The van der Waals surface area contributed by atoms with Crippen LogP contribution in [-0.4, -0.2) is 79.8 Å². The van der Waals surface area contributed by atoms with Crippen molar-refractivity contribution in [3.63, 3.8) is 0 Å². The Labute approximate surface area is 153 Å². The van der Waals surface area contributed by atoms with Crippen molar-refractivity contribution in [2.24, 2.45) is 5.10 Å². The van der Waals surface area contributed by atoms with Gasteiger partial charge in [-0.3, -0.25) is 14.8 Å². The molecule has 0 bridgehead atoms. The molecule has 1 rings (SSSR count). The largest absolute Gasteiger partial charge is 0.394 e. The van der Waals surface area contributed by atoms with E-state index in [0.29, 0.717) is 5.56 Å². The molecule has 11 heteroatoms. The number of nitrogens with zero attached hydrogens (tertiary/aromatic N) is 1. The van der Waals surface area contributed by atoms with Gasteiger partial charge in [0.05, 0.1) is 12.8 Å². The van der Waals surface area contributed by atoms with Crippen LogP contribution in [0.1, 0.15) is 15.9 Å². The standard InChI is InChI=1S/C16H21N3O8/c20-8-12(22)15(25)14(24)11(21)7-17-18-16(26)10-3-1-2-9(6-10)4-5-13(23)19-27/h1-7,11-12,14-15,20-22,24-25,27H,8H2,(H,18,26)(H,19,23)/b5-4+,17-7+/t11-,12+,14+,15-/m0/s1. The second kappa shape index (κ2) is 11.1. The quantitative estimate of drug-likeness (QED) is 0.0981. The molecule has 0 aliphatic rings. The van der Waals surface area contributed by atoms with Crippen LogP contribution in [0.4, 0.5) is 0 Å². The predicted octanol–water partition coefficient (Wildman–Crippen LogP) is -2.64. The van der Waals surface area contributed by atoms with Crippen molar-refractivity contribution in [3.05, 3.63) is 41.5 Å². The molecule has 0 unspecified atom stereocenters. The van der Waals surface area contributed by atoms with E-state index in [-0.39, 0.29) is 5.56 Å². The fraction of sp³-hybridized carbons (Fsp3) is 0.312. The van der Waals surface area contributed by atoms with Gasteiger partial charge < -0.3 is 25.5 Å². The van der Waals surface area contributed by atoms with Crippen LogP contribution in [0.15, 0.2) is 35.4 Å². The third-order valence-electron chi connectivity index (χ3n) is 3.36. The van der Waals surface area contributed by atoms with Gasteiger partial charge in [0.1, 0.15) is 24.4 Å². The Bertz CT molecular complexity index is 694. The molecular formula is C16H21N3O8. The van der Waals surface area contributed by atoms with Crippen LogP contribution in [0.25, 0.3) is 6.08 Å². The predicted molar refractivity (Wildman–Crippen MR) is 92.5 cm³/mol. The Balaban J connectivity index is 2.67. The number of amides is 2. The minimum absolute atomic E-state index is 0.171. The van der Waals surface area contributed by atoms with E-state index in [1.165, 1.54) is 23.7 Å². The summed E-state index contributed by atoms with van der Waals surface area (Å²) in [6.07, 6.45) is -3.86. The minimum Gasteiger partial charge on any atom is -0.394 e. The van der Waals surface area contributed by atoms with Gasteiger partial charge in [-0.2, -0.15) is 5.10 Å². The van der Waals surface area contributed by atoms with E-state index < -0.39 is 42.8 Å². The maximum Gasteiger partial charge on any atom is 0.271 e. The van der Waals surface area contributed by atoms with Crippen molar-refractivity contribution >= 4 is 24.1 Å². The zero-order chi connectivity index (χ0) is 20.4. The van der Waals surface area contributed by atoms with Gasteiger partial charge >= 0.3 is 0 Å². The lowest BCUT2D eigenvalue weighted by Crippen LogP contribution is -2.46. The molecule has 1 aromatic rings. The minimum atomic E-state index is -1.83. The smallest absolute Gasteiger partial charge is 0.271 e. The molecule has 0 saturated carbocycles. The molecule has 0 radical (unpaired) electrons. The van der Waals surface area contributed by atoms with Crippen LogP contribution in [-0.2, 0) is 4.79 Å². The summed E-state index contributed by atoms with van der Waals surface area (Å²) >= 11 is 0. The number of hydrogen-bond acceptors (Lipinski definition) is 9. The SMILES string of the molecule is O=C(/C=C/c1cccc(C(=O)N/N=C/[C@H](O)[C@@H](O)[C@@H](O)[C@H](O)CO)c1)NO. The summed E-state index contributed by atoms with van der Waals surface area (Å²) in [5, 5.41) is 58.4. The maximum atomic E-state index is 12.0. The lowest BCUT2D eigenvalue weighted by Gasteiger charge is -2.23. The summed E-state index contributed by atoms with van der Waals surface area (Å²) in [5.41, 5.74) is 4.18. The van der Waals surface area contributed by atoms with E-state index in [1.807, 2.05) is 0 Å². The topological polar surface area (TPSA) is 192 Å². The van der Waals surface area contributed by atoms with Gasteiger partial charge in [0.25, 0.3) is 11.8 Å². The number of carbonyl (C=O) groups excluding carboxylic acids is 2. The molecular weight excluding hydrogens is 362 g/mol. The van der Waals surface area contributed by atoms with E-state index in [0.717, 1.165) is 12.3 Å². The number of rotatable bonds is 9. The van der Waals surface area contributed by atoms with Crippen molar-refractivity contribution in [2.75, 3.05) is 6.61 Å². The molecule has 0 saturated heterocycles. The molecule has 0 aromatic heterocycles. The van der Waals surface area contributed by atoms with Crippen molar-refractivity contribution in [2.45, 2.75) is 24.4 Å². The molecule has 148 valence electrons. The van der Waals surface area contributed by atoms with Gasteiger partial charge in [-0.1, -0.05) is 12.1 Å². The number of benzene rings is 1. The van der Waals surface area contributed by atoms with Crippen LogP contribution >= 0.6 is 0 Å².